The van der Waals surface area contributed by atoms with Gasteiger partial charge in [-0.2, -0.15) is 19.0 Å². The van der Waals surface area contributed by atoms with Gasteiger partial charge in [0.1, 0.15) is 10.7 Å². The Kier molecular flexibility index (Phi) is 3.36. The van der Waals surface area contributed by atoms with Crippen LogP contribution in [0.5, 0.6) is 0 Å². The molecule has 4 N–H and O–H groups in total. The quantitative estimate of drug-likeness (QED) is 0.225. The number of nitrogens with two attached hydrogens (primary N) is 2. The summed E-state index contributed by atoms with van der Waals surface area (Å²) < 4.78 is 57.5. The summed E-state index contributed by atoms with van der Waals surface area (Å²) in [4.78, 5) is 0. The smallest absolute Gasteiger partial charge is 0.213 e. The molecule has 5 rings (SSSR count). The van der Waals surface area contributed by atoms with Gasteiger partial charge < -0.3 is 11.7 Å². The van der Waals surface area contributed by atoms with Gasteiger partial charge in [-0.15, -0.1) is 22.7 Å². The Hall–Kier alpha value is -2.72. The van der Waals surface area contributed by atoms with Crippen molar-refractivity contribution in [2.45, 2.75) is 13.8 Å². The first-order chi connectivity index (χ1) is 13.3. The van der Waals surface area contributed by atoms with Gasteiger partial charge in [-0.25, -0.2) is 8.78 Å². The summed E-state index contributed by atoms with van der Waals surface area (Å²) >= 11 is 1.31. The number of halogens is 4. The van der Waals surface area contributed by atoms with Crippen molar-refractivity contribution in [1.82, 2.24) is 0 Å². The van der Waals surface area contributed by atoms with Crippen molar-refractivity contribution in [3.63, 3.8) is 0 Å². The van der Waals surface area contributed by atoms with E-state index < -0.39 is 21.9 Å². The molecule has 0 atom stereocenters. The Balaban J connectivity index is 2.25. The Morgan fingerprint density at radius 2 is 0.964 bits per heavy atom. The van der Waals surface area contributed by atoms with Crippen LogP contribution in [-0.4, -0.2) is 0 Å². The zero-order valence-corrected chi connectivity index (χ0v) is 16.0. The van der Waals surface area contributed by atoms with E-state index in [9.17, 15) is 17.6 Å². The van der Waals surface area contributed by atoms with Gasteiger partial charge in [-0.3, -0.25) is 0 Å². The summed E-state index contributed by atoms with van der Waals surface area (Å²) in [7, 11) is 0. The van der Waals surface area contributed by atoms with Crippen LogP contribution in [0.15, 0.2) is 10.2 Å². The number of benzene rings is 1. The molecule has 0 saturated heterocycles. The molecular formula is C18H10F4N4S2. The predicted octanol–water partition coefficient (Wildman–Crippen LogP) is 4.02. The highest BCUT2D eigenvalue weighted by Gasteiger charge is 2.28. The number of hydrogen-bond donors (Lipinski definition) is 2. The van der Waals surface area contributed by atoms with Crippen LogP contribution in [0.1, 0.15) is 11.1 Å². The molecule has 0 aliphatic rings. The number of fused-ring (bicyclic) bond motifs is 6. The second-order valence-electron chi connectivity index (χ2n) is 6.49. The summed E-state index contributed by atoms with van der Waals surface area (Å²) in [6.07, 6.45) is 0. The van der Waals surface area contributed by atoms with E-state index in [1.807, 2.05) is 0 Å². The topological polar surface area (TPSA) is 76.8 Å². The highest BCUT2D eigenvalue weighted by molar-refractivity contribution is 7.19. The van der Waals surface area contributed by atoms with Crippen LogP contribution in [0.2, 0.25) is 0 Å². The summed E-state index contributed by atoms with van der Waals surface area (Å²) in [6, 6.07) is 0. The summed E-state index contributed by atoms with van der Waals surface area (Å²) in [5.41, 5.74) is 1.20. The lowest BCUT2D eigenvalue weighted by Crippen LogP contribution is -2.08. The summed E-state index contributed by atoms with van der Waals surface area (Å²) in [5.74, 6) is 9.02. The molecule has 0 amide bonds. The van der Waals surface area contributed by atoms with Gasteiger partial charge in [0, 0.05) is 21.5 Å². The highest BCUT2D eigenvalue weighted by Crippen LogP contribution is 2.43. The standard InChI is InChI=1S/C18H10F4N4S2/c1-3-5-8(16-9(13(5)25-23)11(19)18(22)28-16)4(2)6-7(3)15-10(14(6)26-24)12(20)17(21)27-15/h23-24H2,1-2H3/b25-13-,26-14-. The monoisotopic (exact) mass is 422 g/mol. The molecule has 28 heavy (non-hydrogen) atoms. The molecule has 4 nitrogen and oxygen atoms in total. The first-order valence-electron chi connectivity index (χ1n) is 8.04. The molecule has 10 heteroatoms. The van der Waals surface area contributed by atoms with Crippen LogP contribution >= 0.6 is 22.7 Å². The normalized spacial score (nSPS) is 14.1. The van der Waals surface area contributed by atoms with Crippen molar-refractivity contribution in [3.05, 3.63) is 43.7 Å². The molecule has 3 aromatic carbocycles. The Labute approximate surface area is 161 Å². The molecule has 2 aromatic heterocycles. The highest BCUT2D eigenvalue weighted by atomic mass is 32.1. The van der Waals surface area contributed by atoms with Crippen LogP contribution in [0.3, 0.4) is 0 Å². The van der Waals surface area contributed by atoms with E-state index in [0.29, 0.717) is 64.7 Å². The number of aryl methyl sites for hydroxylation is 2. The van der Waals surface area contributed by atoms with Gasteiger partial charge in [-0.1, -0.05) is 0 Å². The third-order valence-corrected chi connectivity index (χ3v) is 7.22. The van der Waals surface area contributed by atoms with Gasteiger partial charge >= 0.3 is 0 Å². The van der Waals surface area contributed by atoms with E-state index in [2.05, 4.69) is 10.2 Å². The summed E-state index contributed by atoms with van der Waals surface area (Å²) in [5, 5.41) is 7.89. The van der Waals surface area contributed by atoms with Crippen molar-refractivity contribution in [2.75, 3.05) is 0 Å². The minimum Gasteiger partial charge on any atom is -0.323 e. The van der Waals surface area contributed by atoms with Crippen molar-refractivity contribution in [2.24, 2.45) is 21.9 Å². The molecule has 0 aliphatic carbocycles. The average Bonchev–Trinajstić information content (AvgIpc) is 3.33. The maximum Gasteiger partial charge on any atom is 0.213 e. The van der Waals surface area contributed by atoms with Crippen molar-refractivity contribution in [1.29, 1.82) is 0 Å². The predicted molar refractivity (Wildman–Crippen MR) is 103 cm³/mol. The molecule has 5 aromatic rings. The molecule has 0 unspecified atom stereocenters. The van der Waals surface area contributed by atoms with Crippen molar-refractivity contribution < 1.29 is 17.6 Å². The lowest BCUT2D eigenvalue weighted by molar-refractivity contribution is 0.537. The van der Waals surface area contributed by atoms with E-state index in [0.717, 1.165) is 0 Å². The SMILES string of the molecule is Cc1c2/c(=N/N)c3c(F)c(F)sc3c2c(C)c2/c(=N/N)c3c(F)c(F)sc3c12. The maximum absolute atomic E-state index is 14.4. The lowest BCUT2D eigenvalue weighted by atomic mass is 9.98. The fourth-order valence-corrected chi connectivity index (χ4v) is 6.24. The third kappa shape index (κ3) is 1.75. The van der Waals surface area contributed by atoms with E-state index >= 15 is 0 Å². The lowest BCUT2D eigenvalue weighted by Gasteiger charge is -2.06. The fourth-order valence-electron chi connectivity index (χ4n) is 4.21. The van der Waals surface area contributed by atoms with Gasteiger partial charge in [0.2, 0.25) is 10.3 Å². The van der Waals surface area contributed by atoms with Gasteiger partial charge in [0.25, 0.3) is 0 Å². The van der Waals surface area contributed by atoms with Crippen molar-refractivity contribution >= 4 is 64.4 Å². The van der Waals surface area contributed by atoms with Crippen LogP contribution in [0.4, 0.5) is 17.6 Å². The zero-order valence-electron chi connectivity index (χ0n) is 14.4. The van der Waals surface area contributed by atoms with Gasteiger partial charge in [0.05, 0.1) is 20.2 Å². The Morgan fingerprint density at radius 3 is 1.29 bits per heavy atom. The second kappa shape index (κ2) is 5.42. The molecule has 0 bridgehead atoms. The first-order valence-corrected chi connectivity index (χ1v) is 9.67. The molecule has 142 valence electrons. The van der Waals surface area contributed by atoms with Crippen molar-refractivity contribution in [3.8, 4) is 0 Å². The van der Waals surface area contributed by atoms with Gasteiger partial charge in [-0.05, 0) is 25.0 Å². The molecule has 2 heterocycles. The van der Waals surface area contributed by atoms with Crippen LogP contribution < -0.4 is 22.4 Å². The largest absolute Gasteiger partial charge is 0.323 e. The molecule has 0 fully saturated rings. The Morgan fingerprint density at radius 1 is 0.607 bits per heavy atom. The number of nitrogens with zero attached hydrogens (tertiary/aromatic N) is 2. The Bertz CT molecular complexity index is 1480. The molecule has 0 spiro atoms. The van der Waals surface area contributed by atoms with E-state index in [1.165, 1.54) is 0 Å². The molecule has 0 saturated carbocycles. The van der Waals surface area contributed by atoms with E-state index in [-0.39, 0.29) is 21.5 Å². The number of rotatable bonds is 0. The zero-order chi connectivity index (χ0) is 20.1. The minimum absolute atomic E-state index is 0.00451. The fraction of sp³-hybridized carbons (Fsp3) is 0.111. The van der Waals surface area contributed by atoms with Crippen LogP contribution in [0.25, 0.3) is 41.7 Å². The first kappa shape index (κ1) is 17.4. The van der Waals surface area contributed by atoms with Crippen LogP contribution in [0, 0.1) is 35.7 Å². The van der Waals surface area contributed by atoms with E-state index in [4.69, 9.17) is 11.7 Å². The van der Waals surface area contributed by atoms with Crippen LogP contribution in [-0.2, 0) is 0 Å². The summed E-state index contributed by atoms with van der Waals surface area (Å²) in [6.45, 7) is 3.46. The molecule has 0 radical (unpaired) electrons. The second-order valence-corrected chi connectivity index (χ2v) is 8.43. The van der Waals surface area contributed by atoms with E-state index in [1.54, 1.807) is 13.8 Å². The van der Waals surface area contributed by atoms with Gasteiger partial charge in [0.15, 0.2) is 11.6 Å². The molecule has 0 aliphatic heterocycles. The third-order valence-electron chi connectivity index (χ3n) is 5.28. The minimum atomic E-state index is -1.01. The molecular weight excluding hydrogens is 412 g/mol. The number of hydrogen-bond acceptors (Lipinski definition) is 6. The maximum atomic E-state index is 14.4. The number of thiophene rings is 2. The average molecular weight is 422 g/mol.